The number of rotatable bonds is 3. The van der Waals surface area contributed by atoms with Crippen LogP contribution in [0.3, 0.4) is 0 Å². The van der Waals surface area contributed by atoms with Crippen molar-refractivity contribution < 1.29 is 0 Å². The fourth-order valence-electron chi connectivity index (χ4n) is 2.56. The highest BCUT2D eigenvalue weighted by molar-refractivity contribution is 7.05. The Labute approximate surface area is 119 Å². The van der Waals surface area contributed by atoms with E-state index in [2.05, 4.69) is 41.9 Å². The van der Waals surface area contributed by atoms with Gasteiger partial charge in [0.05, 0.1) is 16.6 Å². The standard InChI is InChI=1S/C14H24N4S/c1-14(2,3)13-12(19-18-17-13)11(16-15)10-8-6-4-5-7-9-10/h8,11,16H,4-7,9,15H2,1-3H3. The lowest BCUT2D eigenvalue weighted by Gasteiger charge is -2.23. The molecule has 3 N–H and O–H groups in total. The summed E-state index contributed by atoms with van der Waals surface area (Å²) < 4.78 is 4.14. The SMILES string of the molecule is CC(C)(C)c1nnsc1C(NN)C1=CCCCCC1. The van der Waals surface area contributed by atoms with Crippen molar-refractivity contribution in [3.63, 3.8) is 0 Å². The van der Waals surface area contributed by atoms with Crippen LogP contribution in [-0.2, 0) is 5.41 Å². The Morgan fingerprint density at radius 3 is 2.79 bits per heavy atom. The van der Waals surface area contributed by atoms with Crippen molar-refractivity contribution in [1.82, 2.24) is 15.0 Å². The summed E-state index contributed by atoms with van der Waals surface area (Å²) in [5.74, 6) is 5.82. The van der Waals surface area contributed by atoms with Crippen molar-refractivity contribution in [3.05, 3.63) is 22.2 Å². The van der Waals surface area contributed by atoms with Crippen LogP contribution in [0.1, 0.15) is 69.5 Å². The fraction of sp³-hybridized carbons (Fsp3) is 0.714. The highest BCUT2D eigenvalue weighted by Crippen LogP contribution is 2.36. The minimum absolute atomic E-state index is 0.00270. The maximum Gasteiger partial charge on any atom is 0.0861 e. The highest BCUT2D eigenvalue weighted by Gasteiger charge is 2.28. The molecular formula is C14H24N4S. The van der Waals surface area contributed by atoms with Gasteiger partial charge in [0.15, 0.2) is 0 Å². The van der Waals surface area contributed by atoms with E-state index in [1.54, 1.807) is 0 Å². The van der Waals surface area contributed by atoms with Crippen molar-refractivity contribution in [3.8, 4) is 0 Å². The Morgan fingerprint density at radius 1 is 1.32 bits per heavy atom. The number of hydrogen-bond donors (Lipinski definition) is 2. The van der Waals surface area contributed by atoms with E-state index in [-0.39, 0.29) is 11.5 Å². The van der Waals surface area contributed by atoms with E-state index in [9.17, 15) is 0 Å². The summed E-state index contributed by atoms with van der Waals surface area (Å²) in [4.78, 5) is 1.17. The van der Waals surface area contributed by atoms with Crippen molar-refractivity contribution >= 4 is 11.5 Å². The summed E-state index contributed by atoms with van der Waals surface area (Å²) in [5.41, 5.74) is 5.44. The van der Waals surface area contributed by atoms with Crippen molar-refractivity contribution in [2.24, 2.45) is 5.84 Å². The second kappa shape index (κ2) is 6.11. The number of nitrogens with zero attached hydrogens (tertiary/aromatic N) is 2. The smallest absolute Gasteiger partial charge is 0.0861 e. The van der Waals surface area contributed by atoms with E-state index in [4.69, 9.17) is 5.84 Å². The molecule has 1 aromatic heterocycles. The van der Waals surface area contributed by atoms with Crippen LogP contribution in [0.4, 0.5) is 0 Å². The van der Waals surface area contributed by atoms with Crippen LogP contribution in [0.15, 0.2) is 11.6 Å². The first-order chi connectivity index (χ1) is 9.04. The van der Waals surface area contributed by atoms with E-state index in [0.717, 1.165) is 18.5 Å². The monoisotopic (exact) mass is 280 g/mol. The zero-order valence-electron chi connectivity index (χ0n) is 12.1. The van der Waals surface area contributed by atoms with Crippen molar-refractivity contribution in [1.29, 1.82) is 0 Å². The number of aromatic nitrogens is 2. The molecule has 0 amide bonds. The van der Waals surface area contributed by atoms with Gasteiger partial charge in [-0.1, -0.05) is 43.3 Å². The van der Waals surface area contributed by atoms with Gasteiger partial charge in [-0.15, -0.1) is 5.10 Å². The maximum atomic E-state index is 5.82. The molecule has 0 bridgehead atoms. The third-order valence-corrected chi connectivity index (χ3v) is 4.39. The topological polar surface area (TPSA) is 63.8 Å². The van der Waals surface area contributed by atoms with Crippen LogP contribution >= 0.6 is 11.5 Å². The van der Waals surface area contributed by atoms with Gasteiger partial charge in [-0.25, -0.2) is 5.43 Å². The van der Waals surface area contributed by atoms with Crippen LogP contribution in [0, 0.1) is 0 Å². The average Bonchev–Trinajstić information content (AvgIpc) is 2.68. The zero-order valence-corrected chi connectivity index (χ0v) is 12.9. The molecule has 1 aliphatic rings. The second-order valence-corrected chi connectivity index (χ2v) is 7.00. The van der Waals surface area contributed by atoms with Gasteiger partial charge < -0.3 is 0 Å². The van der Waals surface area contributed by atoms with Crippen molar-refractivity contribution in [2.75, 3.05) is 0 Å². The van der Waals surface area contributed by atoms with E-state index < -0.39 is 0 Å². The summed E-state index contributed by atoms with van der Waals surface area (Å²) in [6.07, 6.45) is 8.48. The lowest BCUT2D eigenvalue weighted by Crippen LogP contribution is -2.31. The normalized spacial score (nSPS) is 18.8. The molecule has 2 rings (SSSR count). The molecule has 1 aliphatic carbocycles. The molecule has 1 aromatic rings. The minimum atomic E-state index is 0.00270. The van der Waals surface area contributed by atoms with E-state index in [1.165, 1.54) is 41.2 Å². The second-order valence-electron chi connectivity index (χ2n) is 6.21. The third kappa shape index (κ3) is 3.41. The molecule has 1 unspecified atom stereocenters. The molecule has 5 heteroatoms. The Hall–Kier alpha value is -0.780. The summed E-state index contributed by atoms with van der Waals surface area (Å²) >= 11 is 1.47. The van der Waals surface area contributed by atoms with Gasteiger partial charge >= 0.3 is 0 Å². The van der Waals surface area contributed by atoms with Gasteiger partial charge in [-0.2, -0.15) is 0 Å². The van der Waals surface area contributed by atoms with Gasteiger partial charge in [0.2, 0.25) is 0 Å². The summed E-state index contributed by atoms with van der Waals surface area (Å²) in [5, 5.41) is 4.32. The quantitative estimate of drug-likeness (QED) is 0.507. The fourth-order valence-corrected chi connectivity index (χ4v) is 3.53. The number of nitrogens with one attached hydrogen (secondary N) is 1. The number of allylic oxidation sites excluding steroid dienone is 1. The predicted octanol–water partition coefficient (Wildman–Crippen LogP) is 3.23. The molecule has 0 saturated heterocycles. The van der Waals surface area contributed by atoms with Gasteiger partial charge in [0.25, 0.3) is 0 Å². The predicted molar refractivity (Wildman–Crippen MR) is 79.8 cm³/mol. The first-order valence-electron chi connectivity index (χ1n) is 7.02. The van der Waals surface area contributed by atoms with E-state index in [0.29, 0.717) is 0 Å². The summed E-state index contributed by atoms with van der Waals surface area (Å²) in [7, 11) is 0. The Morgan fingerprint density at radius 2 is 2.11 bits per heavy atom. The van der Waals surface area contributed by atoms with Gasteiger partial charge in [0, 0.05) is 5.41 Å². The average molecular weight is 280 g/mol. The van der Waals surface area contributed by atoms with E-state index in [1.807, 2.05) is 0 Å². The zero-order chi connectivity index (χ0) is 13.9. The van der Waals surface area contributed by atoms with Crippen LogP contribution in [0.25, 0.3) is 0 Å². The first-order valence-corrected chi connectivity index (χ1v) is 7.79. The first kappa shape index (κ1) is 14.6. The Kier molecular flexibility index (Phi) is 4.71. The summed E-state index contributed by atoms with van der Waals surface area (Å²) in [6, 6.07) is 0.0762. The molecule has 19 heavy (non-hydrogen) atoms. The van der Waals surface area contributed by atoms with Crippen LogP contribution in [-0.4, -0.2) is 9.59 Å². The van der Waals surface area contributed by atoms with Gasteiger partial charge in [-0.05, 0) is 37.2 Å². The molecule has 4 nitrogen and oxygen atoms in total. The van der Waals surface area contributed by atoms with Crippen LogP contribution < -0.4 is 11.3 Å². The van der Waals surface area contributed by atoms with Crippen molar-refractivity contribution in [2.45, 2.75) is 64.3 Å². The molecule has 0 saturated carbocycles. The van der Waals surface area contributed by atoms with Crippen LogP contribution in [0.2, 0.25) is 0 Å². The number of hydrazine groups is 1. The molecule has 0 aliphatic heterocycles. The number of hydrogen-bond acceptors (Lipinski definition) is 5. The molecule has 0 spiro atoms. The highest BCUT2D eigenvalue weighted by atomic mass is 32.1. The largest absolute Gasteiger partial charge is 0.271 e. The summed E-state index contributed by atoms with van der Waals surface area (Å²) in [6.45, 7) is 6.51. The minimum Gasteiger partial charge on any atom is -0.271 e. The third-order valence-electron chi connectivity index (χ3n) is 3.60. The lowest BCUT2D eigenvalue weighted by molar-refractivity contribution is 0.535. The number of nitrogens with two attached hydrogens (primary N) is 1. The molecule has 106 valence electrons. The molecule has 0 fully saturated rings. The Bertz CT molecular complexity index is 445. The molecule has 1 heterocycles. The maximum absolute atomic E-state index is 5.82. The molecule has 1 atom stereocenters. The lowest BCUT2D eigenvalue weighted by atomic mass is 9.88. The molecular weight excluding hydrogens is 256 g/mol. The molecule has 0 aromatic carbocycles. The van der Waals surface area contributed by atoms with Gasteiger partial charge in [0.1, 0.15) is 0 Å². The molecule has 0 radical (unpaired) electrons. The Balaban J connectivity index is 2.32. The van der Waals surface area contributed by atoms with Crippen LogP contribution in [0.5, 0.6) is 0 Å². The van der Waals surface area contributed by atoms with E-state index >= 15 is 0 Å². The van der Waals surface area contributed by atoms with Gasteiger partial charge in [-0.3, -0.25) is 5.84 Å².